The Bertz CT molecular complexity index is 4850. The second-order valence-corrected chi connectivity index (χ2v) is 28.4. The van der Waals surface area contributed by atoms with Crippen molar-refractivity contribution < 1.29 is 0 Å². The summed E-state index contributed by atoms with van der Waals surface area (Å²) in [5, 5.41) is 4.77. The standard InChI is InChI=1S/C83H67N5S/c1-82(2,3)61-47-41-56(42-48-61)79-84-80(57-43-49-62(50-44-57)83(4,5)6)86-81(85-79)60-46-52-78(88-75-39-22-18-35-69(75)70-36-19-23-40-76(70)88)72(55-60)71-54-59(45-51-77(71)87-73-37-20-16-33-67(73)68-34-17-21-38-74(68)87)58-25-24-32-66(53-58)89(63-26-10-7-11-27-63,64-28-12-8-13-29-64)65-30-14-9-15-31-65/h7-55H,1-6H3. The second kappa shape index (κ2) is 22.1. The Labute approximate surface area is 522 Å². The van der Waals surface area contributed by atoms with Gasteiger partial charge in [0.15, 0.2) is 17.5 Å². The second-order valence-electron chi connectivity index (χ2n) is 25.2. The molecule has 0 amide bonds. The summed E-state index contributed by atoms with van der Waals surface area (Å²) in [6, 6.07) is 109. The zero-order valence-corrected chi connectivity index (χ0v) is 51.8. The van der Waals surface area contributed by atoms with Gasteiger partial charge in [-0.25, -0.2) is 15.0 Å². The van der Waals surface area contributed by atoms with E-state index in [9.17, 15) is 0 Å². The molecule has 0 fully saturated rings. The molecule has 0 spiro atoms. The molecule has 0 saturated carbocycles. The minimum Gasteiger partial charge on any atom is -0.309 e. The summed E-state index contributed by atoms with van der Waals surface area (Å²) in [6.45, 7) is 13.5. The van der Waals surface area contributed by atoms with Crippen molar-refractivity contribution in [2.45, 2.75) is 72.0 Å². The quantitative estimate of drug-likeness (QED) is 0.130. The predicted molar refractivity (Wildman–Crippen MR) is 373 cm³/mol. The Morgan fingerprint density at radius 1 is 0.258 bits per heavy atom. The zero-order valence-electron chi connectivity index (χ0n) is 50.9. The molecule has 15 rings (SSSR count). The first kappa shape index (κ1) is 55.2. The van der Waals surface area contributed by atoms with E-state index in [4.69, 9.17) is 15.0 Å². The molecule has 0 aliphatic rings. The van der Waals surface area contributed by atoms with Crippen molar-refractivity contribution in [3.8, 4) is 67.8 Å². The molecule has 0 radical (unpaired) electrons. The molecule has 3 aromatic heterocycles. The van der Waals surface area contributed by atoms with Gasteiger partial charge in [0.05, 0.1) is 33.4 Å². The van der Waals surface area contributed by atoms with Crippen LogP contribution in [0.15, 0.2) is 317 Å². The van der Waals surface area contributed by atoms with Crippen molar-refractivity contribution in [3.63, 3.8) is 0 Å². The van der Waals surface area contributed by atoms with Gasteiger partial charge >= 0.3 is 0 Å². The molecule has 0 aliphatic carbocycles. The number of hydrogen-bond acceptors (Lipinski definition) is 3. The maximum absolute atomic E-state index is 5.47. The van der Waals surface area contributed by atoms with E-state index in [1.54, 1.807) is 0 Å². The third-order valence-electron chi connectivity index (χ3n) is 17.6. The lowest BCUT2D eigenvalue weighted by Gasteiger charge is -2.42. The first-order valence-electron chi connectivity index (χ1n) is 30.7. The lowest BCUT2D eigenvalue weighted by Crippen LogP contribution is -2.11. The SMILES string of the molecule is CC(C)(C)c1ccc(-c2nc(-c3ccc(C(C)(C)C)cc3)nc(-c3ccc(-n4c5ccccc5c5ccccc54)c(-c4cc(-c5cccc(S(c6ccccc6)(c6ccccc6)c6ccccc6)c5)ccc4-n4c5ccccc5c5ccccc54)c3)n2)cc1. The van der Waals surface area contributed by atoms with E-state index in [1.807, 2.05) is 0 Å². The lowest BCUT2D eigenvalue weighted by atomic mass is 9.86. The van der Waals surface area contributed by atoms with Crippen molar-refractivity contribution in [1.82, 2.24) is 24.1 Å². The van der Waals surface area contributed by atoms with Gasteiger partial charge in [0.25, 0.3) is 0 Å². The Morgan fingerprint density at radius 3 is 0.944 bits per heavy atom. The number of aromatic nitrogens is 5. The molecule has 3 heterocycles. The smallest absolute Gasteiger partial charge is 0.164 e. The first-order chi connectivity index (χ1) is 43.4. The topological polar surface area (TPSA) is 48.5 Å². The zero-order chi connectivity index (χ0) is 60.4. The number of nitrogens with zero attached hydrogens (tertiary/aromatic N) is 5. The van der Waals surface area contributed by atoms with Crippen LogP contribution in [0.3, 0.4) is 0 Å². The number of para-hydroxylation sites is 4. The van der Waals surface area contributed by atoms with Crippen LogP contribution >= 0.6 is 10.0 Å². The monoisotopic (exact) mass is 1170 g/mol. The third-order valence-corrected chi connectivity index (χ3v) is 21.5. The molecule has 0 saturated heterocycles. The van der Waals surface area contributed by atoms with Crippen molar-refractivity contribution in [2.24, 2.45) is 0 Å². The summed E-state index contributed by atoms with van der Waals surface area (Å²) in [5.41, 5.74) is 16.0. The predicted octanol–water partition coefficient (Wildman–Crippen LogP) is 22.3. The number of hydrogen-bond donors (Lipinski definition) is 0. The van der Waals surface area contributed by atoms with Gasteiger partial charge in [-0.15, -0.1) is 10.0 Å². The van der Waals surface area contributed by atoms with Crippen molar-refractivity contribution >= 4 is 53.6 Å². The number of fused-ring (bicyclic) bond motifs is 6. The van der Waals surface area contributed by atoms with Crippen LogP contribution in [0.5, 0.6) is 0 Å². The molecule has 5 nitrogen and oxygen atoms in total. The highest BCUT2D eigenvalue weighted by molar-refractivity contribution is 8.34. The van der Waals surface area contributed by atoms with E-state index in [0.29, 0.717) is 17.5 Å². The van der Waals surface area contributed by atoms with Crippen molar-refractivity contribution in [1.29, 1.82) is 0 Å². The highest BCUT2D eigenvalue weighted by atomic mass is 32.3. The Balaban J connectivity index is 1.03. The van der Waals surface area contributed by atoms with E-state index in [-0.39, 0.29) is 10.8 Å². The van der Waals surface area contributed by atoms with Crippen LogP contribution < -0.4 is 0 Å². The Morgan fingerprint density at radius 2 is 0.562 bits per heavy atom. The average Bonchev–Trinajstić information content (AvgIpc) is 1.82. The van der Waals surface area contributed by atoms with Gasteiger partial charge in [-0.05, 0) is 136 Å². The molecule has 0 atom stereocenters. The average molecular weight is 1170 g/mol. The van der Waals surface area contributed by atoms with Crippen molar-refractivity contribution in [3.05, 3.63) is 308 Å². The molecule has 89 heavy (non-hydrogen) atoms. The van der Waals surface area contributed by atoms with Gasteiger partial charge in [-0.2, -0.15) is 0 Å². The summed E-state index contributed by atoms with van der Waals surface area (Å²) in [6.07, 6.45) is 0. The Kier molecular flexibility index (Phi) is 13.7. The van der Waals surface area contributed by atoms with Crippen LogP contribution in [0.25, 0.3) is 111 Å². The van der Waals surface area contributed by atoms with Gasteiger partial charge in [-0.3, -0.25) is 0 Å². The van der Waals surface area contributed by atoms with Crippen LogP contribution in [0.2, 0.25) is 0 Å². The summed E-state index contributed by atoms with van der Waals surface area (Å²) < 4.78 is 4.93. The van der Waals surface area contributed by atoms with Gasteiger partial charge in [0.2, 0.25) is 0 Å². The normalized spacial score (nSPS) is 12.3. The fourth-order valence-electron chi connectivity index (χ4n) is 13.1. The summed E-state index contributed by atoms with van der Waals surface area (Å²) in [5.74, 6) is 1.82. The van der Waals surface area contributed by atoms with Crippen LogP contribution in [-0.4, -0.2) is 24.1 Å². The molecule has 0 N–H and O–H groups in total. The van der Waals surface area contributed by atoms with E-state index in [0.717, 1.165) is 72.4 Å². The molecule has 0 unspecified atom stereocenters. The van der Waals surface area contributed by atoms with E-state index in [2.05, 4.69) is 348 Å². The third kappa shape index (κ3) is 9.72. The van der Waals surface area contributed by atoms with Gasteiger partial charge < -0.3 is 9.13 Å². The maximum Gasteiger partial charge on any atom is 0.164 e. The summed E-state index contributed by atoms with van der Waals surface area (Å²) in [7, 11) is -2.00. The Hall–Kier alpha value is -10.4. The molecule has 0 aliphatic heterocycles. The fourth-order valence-corrected chi connectivity index (χ4v) is 17.1. The highest BCUT2D eigenvalue weighted by Gasteiger charge is 2.34. The minimum absolute atomic E-state index is 0.0203. The molecule has 430 valence electrons. The highest BCUT2D eigenvalue weighted by Crippen LogP contribution is 2.73. The van der Waals surface area contributed by atoms with Gasteiger partial charge in [0, 0.05) is 68.9 Å². The van der Waals surface area contributed by atoms with Crippen LogP contribution in [0.1, 0.15) is 52.7 Å². The van der Waals surface area contributed by atoms with E-state index < -0.39 is 10.0 Å². The molecular formula is C83H67N5S. The summed E-state index contributed by atoms with van der Waals surface area (Å²) in [4.78, 5) is 21.3. The fraction of sp³-hybridized carbons (Fsp3) is 0.0964. The first-order valence-corrected chi connectivity index (χ1v) is 32.4. The van der Waals surface area contributed by atoms with Crippen LogP contribution in [0.4, 0.5) is 0 Å². The summed E-state index contributed by atoms with van der Waals surface area (Å²) >= 11 is 0. The van der Waals surface area contributed by atoms with Crippen molar-refractivity contribution in [2.75, 3.05) is 0 Å². The lowest BCUT2D eigenvalue weighted by molar-refractivity contribution is 0.590. The molecule has 15 aromatic rings. The van der Waals surface area contributed by atoms with E-state index in [1.165, 1.54) is 52.3 Å². The molecule has 0 bridgehead atoms. The number of benzene rings is 12. The van der Waals surface area contributed by atoms with Gasteiger partial charge in [-0.1, -0.05) is 236 Å². The largest absolute Gasteiger partial charge is 0.309 e. The molecule has 6 heteroatoms. The maximum atomic E-state index is 5.47. The molecule has 12 aromatic carbocycles. The van der Waals surface area contributed by atoms with Crippen LogP contribution in [-0.2, 0) is 10.8 Å². The van der Waals surface area contributed by atoms with E-state index >= 15 is 0 Å². The number of rotatable bonds is 11. The minimum atomic E-state index is -2.00. The molecular weight excluding hydrogens is 1100 g/mol. The van der Waals surface area contributed by atoms with Crippen LogP contribution in [0, 0.1) is 0 Å². The van der Waals surface area contributed by atoms with Gasteiger partial charge in [0.1, 0.15) is 0 Å².